The third kappa shape index (κ3) is 3.93. The maximum Gasteiger partial charge on any atom is 0.244 e. The molecule has 0 unspecified atom stereocenters. The molecule has 1 aliphatic carbocycles. The van der Waals surface area contributed by atoms with Gasteiger partial charge in [-0.1, -0.05) is 19.8 Å². The summed E-state index contributed by atoms with van der Waals surface area (Å²) in [4.78, 5) is 25.9. The Morgan fingerprint density at radius 2 is 1.80 bits per heavy atom. The van der Waals surface area contributed by atoms with E-state index >= 15 is 0 Å². The van der Waals surface area contributed by atoms with Crippen LogP contribution in [0.25, 0.3) is 0 Å². The zero-order valence-corrected chi connectivity index (χ0v) is 17.6. The van der Waals surface area contributed by atoms with Gasteiger partial charge in [0.05, 0.1) is 12.7 Å². The number of anilines is 5. The number of amides is 1. The quantitative estimate of drug-likeness (QED) is 0.794. The Morgan fingerprint density at radius 1 is 1.07 bits per heavy atom. The molecular formula is C23H30N6O. The van der Waals surface area contributed by atoms with Crippen LogP contribution in [0.2, 0.25) is 0 Å². The van der Waals surface area contributed by atoms with Gasteiger partial charge in [-0.2, -0.15) is 4.98 Å². The van der Waals surface area contributed by atoms with Gasteiger partial charge < -0.3 is 20.4 Å². The van der Waals surface area contributed by atoms with Crippen molar-refractivity contribution in [2.45, 2.75) is 51.5 Å². The summed E-state index contributed by atoms with van der Waals surface area (Å²) < 4.78 is 0. The van der Waals surface area contributed by atoms with E-state index in [1.165, 1.54) is 31.4 Å². The van der Waals surface area contributed by atoms with Crippen molar-refractivity contribution in [2.75, 3.05) is 40.1 Å². The van der Waals surface area contributed by atoms with Crippen LogP contribution >= 0.6 is 0 Å². The lowest BCUT2D eigenvalue weighted by Crippen LogP contribution is -2.44. The fraction of sp³-hybridized carbons (Fsp3) is 0.522. The van der Waals surface area contributed by atoms with Gasteiger partial charge in [-0.15, -0.1) is 0 Å². The predicted molar refractivity (Wildman–Crippen MR) is 121 cm³/mol. The molecule has 7 nitrogen and oxygen atoms in total. The molecule has 5 rings (SSSR count). The molecule has 158 valence electrons. The number of carbonyl (C=O) groups is 1. The van der Waals surface area contributed by atoms with Gasteiger partial charge in [0.2, 0.25) is 11.9 Å². The topological polar surface area (TPSA) is 73.4 Å². The second kappa shape index (κ2) is 8.13. The Labute approximate surface area is 177 Å². The molecule has 2 N–H and O–H groups in total. The standard InChI is InChI=1S/C23H30N6O/c1-16-10-12-28(13-11-16)18-8-6-17(7-9-18)25-23-24-14-20-22(27-23)29(15-21(30)26-20)19-4-2-3-5-19/h6-9,14,16,19H,2-5,10-13,15H2,1H3,(H,26,30)(H,24,25,27). The van der Waals surface area contributed by atoms with Gasteiger partial charge in [0.15, 0.2) is 5.82 Å². The van der Waals surface area contributed by atoms with Crippen LogP contribution < -0.4 is 20.4 Å². The highest BCUT2D eigenvalue weighted by Crippen LogP contribution is 2.34. The van der Waals surface area contributed by atoms with Gasteiger partial charge >= 0.3 is 0 Å². The second-order valence-corrected chi connectivity index (χ2v) is 8.89. The average Bonchev–Trinajstić information content (AvgIpc) is 3.29. The summed E-state index contributed by atoms with van der Waals surface area (Å²) in [7, 11) is 0. The first-order valence-electron chi connectivity index (χ1n) is 11.2. The molecule has 3 aliphatic rings. The van der Waals surface area contributed by atoms with E-state index in [0.29, 0.717) is 24.2 Å². The second-order valence-electron chi connectivity index (χ2n) is 8.89. The van der Waals surface area contributed by atoms with Gasteiger partial charge in [0.1, 0.15) is 5.69 Å². The van der Waals surface area contributed by atoms with Gasteiger partial charge in [0, 0.05) is 30.5 Å². The van der Waals surface area contributed by atoms with Crippen LogP contribution in [0.15, 0.2) is 30.5 Å². The van der Waals surface area contributed by atoms with Crippen LogP contribution in [0.1, 0.15) is 45.4 Å². The summed E-state index contributed by atoms with van der Waals surface area (Å²) >= 11 is 0. The maximum atomic E-state index is 12.1. The number of aromatic nitrogens is 2. The molecule has 1 amide bonds. The van der Waals surface area contributed by atoms with Gasteiger partial charge in [-0.05, 0) is 55.9 Å². The smallest absolute Gasteiger partial charge is 0.244 e. The number of nitrogens with zero attached hydrogens (tertiary/aromatic N) is 4. The number of rotatable bonds is 4. The lowest BCUT2D eigenvalue weighted by molar-refractivity contribution is -0.115. The van der Waals surface area contributed by atoms with Crippen LogP contribution in [0.3, 0.4) is 0 Å². The highest BCUT2D eigenvalue weighted by molar-refractivity contribution is 6.00. The molecule has 2 fully saturated rings. The first-order valence-corrected chi connectivity index (χ1v) is 11.2. The van der Waals surface area contributed by atoms with Crippen LogP contribution in [-0.2, 0) is 4.79 Å². The number of fused-ring (bicyclic) bond motifs is 1. The minimum absolute atomic E-state index is 0.0152. The lowest BCUT2D eigenvalue weighted by Gasteiger charge is -2.34. The third-order valence-corrected chi connectivity index (χ3v) is 6.67. The van der Waals surface area contributed by atoms with E-state index in [-0.39, 0.29) is 5.91 Å². The van der Waals surface area contributed by atoms with E-state index in [1.807, 2.05) is 0 Å². The molecule has 0 bridgehead atoms. The van der Waals surface area contributed by atoms with Crippen molar-refractivity contribution in [3.63, 3.8) is 0 Å². The molecule has 3 heterocycles. The Morgan fingerprint density at radius 3 is 2.53 bits per heavy atom. The van der Waals surface area contributed by atoms with Crippen LogP contribution in [0, 0.1) is 5.92 Å². The number of nitrogens with one attached hydrogen (secondary N) is 2. The zero-order chi connectivity index (χ0) is 20.5. The molecule has 30 heavy (non-hydrogen) atoms. The SMILES string of the molecule is CC1CCN(c2ccc(Nc3ncc4c(n3)N(C3CCCC3)CC(=O)N4)cc2)CC1. The Bertz CT molecular complexity index is 900. The van der Waals surface area contributed by atoms with E-state index in [1.54, 1.807) is 6.20 Å². The normalized spacial score (nSPS) is 20.2. The molecule has 2 aromatic rings. The first kappa shape index (κ1) is 19.2. The van der Waals surface area contributed by atoms with E-state index in [2.05, 4.69) is 56.6 Å². The number of hydrogen-bond donors (Lipinski definition) is 2. The van der Waals surface area contributed by atoms with Crippen molar-refractivity contribution in [3.8, 4) is 0 Å². The highest BCUT2D eigenvalue weighted by atomic mass is 16.2. The van der Waals surface area contributed by atoms with Crippen LogP contribution in [0.5, 0.6) is 0 Å². The van der Waals surface area contributed by atoms with Crippen molar-refractivity contribution in [1.29, 1.82) is 0 Å². The molecule has 0 spiro atoms. The molecule has 1 aromatic carbocycles. The fourth-order valence-corrected chi connectivity index (χ4v) is 4.83. The summed E-state index contributed by atoms with van der Waals surface area (Å²) in [5, 5.41) is 6.25. The molecule has 1 aromatic heterocycles. The highest BCUT2D eigenvalue weighted by Gasteiger charge is 2.31. The first-order chi connectivity index (χ1) is 14.7. The molecular weight excluding hydrogens is 376 g/mol. The summed E-state index contributed by atoms with van der Waals surface area (Å²) in [6.07, 6.45) is 8.92. The molecule has 1 saturated carbocycles. The number of carbonyl (C=O) groups excluding carboxylic acids is 1. The van der Waals surface area contributed by atoms with Crippen molar-refractivity contribution >= 4 is 34.7 Å². The Kier molecular flexibility index (Phi) is 5.19. The number of hydrogen-bond acceptors (Lipinski definition) is 6. The van der Waals surface area contributed by atoms with Crippen molar-refractivity contribution in [2.24, 2.45) is 5.92 Å². The lowest BCUT2D eigenvalue weighted by atomic mass is 9.99. The van der Waals surface area contributed by atoms with Crippen molar-refractivity contribution < 1.29 is 4.79 Å². The molecule has 2 aliphatic heterocycles. The Balaban J connectivity index is 1.32. The summed E-state index contributed by atoms with van der Waals surface area (Å²) in [5.74, 6) is 2.24. The van der Waals surface area contributed by atoms with Crippen molar-refractivity contribution in [1.82, 2.24) is 9.97 Å². The van der Waals surface area contributed by atoms with Gasteiger partial charge in [0.25, 0.3) is 0 Å². The van der Waals surface area contributed by atoms with E-state index in [4.69, 9.17) is 4.98 Å². The Hall–Kier alpha value is -2.83. The minimum atomic E-state index is 0.0152. The average molecular weight is 407 g/mol. The minimum Gasteiger partial charge on any atom is -0.372 e. The van der Waals surface area contributed by atoms with Crippen LogP contribution in [0.4, 0.5) is 28.8 Å². The molecule has 0 atom stereocenters. The summed E-state index contributed by atoms with van der Waals surface area (Å²) in [5.41, 5.74) is 2.95. The van der Waals surface area contributed by atoms with E-state index < -0.39 is 0 Å². The molecule has 1 saturated heterocycles. The van der Waals surface area contributed by atoms with E-state index in [0.717, 1.165) is 43.4 Å². The zero-order valence-electron chi connectivity index (χ0n) is 17.6. The number of benzene rings is 1. The number of piperidine rings is 1. The summed E-state index contributed by atoms with van der Waals surface area (Å²) in [6.45, 7) is 4.97. The van der Waals surface area contributed by atoms with Gasteiger partial charge in [-0.25, -0.2) is 4.98 Å². The predicted octanol–water partition coefficient (Wildman–Crippen LogP) is 4.16. The fourth-order valence-electron chi connectivity index (χ4n) is 4.83. The van der Waals surface area contributed by atoms with Crippen LogP contribution in [-0.4, -0.2) is 41.6 Å². The molecule has 0 radical (unpaired) electrons. The summed E-state index contributed by atoms with van der Waals surface area (Å²) in [6, 6.07) is 8.91. The van der Waals surface area contributed by atoms with E-state index in [9.17, 15) is 4.79 Å². The molecule has 7 heteroatoms. The monoisotopic (exact) mass is 406 g/mol. The third-order valence-electron chi connectivity index (χ3n) is 6.67. The van der Waals surface area contributed by atoms with Crippen molar-refractivity contribution in [3.05, 3.63) is 30.5 Å². The maximum absolute atomic E-state index is 12.1. The largest absolute Gasteiger partial charge is 0.372 e. The van der Waals surface area contributed by atoms with Gasteiger partial charge in [-0.3, -0.25) is 4.79 Å².